The summed E-state index contributed by atoms with van der Waals surface area (Å²) in [6.07, 6.45) is -0.0548. The van der Waals surface area contributed by atoms with E-state index in [0.717, 1.165) is 12.0 Å². The van der Waals surface area contributed by atoms with Crippen LogP contribution in [0.1, 0.15) is 33.3 Å². The summed E-state index contributed by atoms with van der Waals surface area (Å²) < 4.78 is 16.4. The third-order valence-corrected chi connectivity index (χ3v) is 3.43. The van der Waals surface area contributed by atoms with Crippen molar-refractivity contribution in [2.75, 3.05) is 13.2 Å². The first-order chi connectivity index (χ1) is 10.8. The number of likely N-dealkylation sites (N-methyl/N-ethyl adjacent to an activating group) is 1. The number of amides is 1. The predicted molar refractivity (Wildman–Crippen MR) is 84.6 cm³/mol. The van der Waals surface area contributed by atoms with Crippen molar-refractivity contribution in [3.05, 3.63) is 23.8 Å². The molecule has 1 atom stereocenters. The number of ether oxygens (including phenoxy) is 3. The Hall–Kier alpha value is -2.24. The maximum Gasteiger partial charge on any atom is 0.344 e. The van der Waals surface area contributed by atoms with Crippen molar-refractivity contribution >= 4 is 11.9 Å². The lowest BCUT2D eigenvalue weighted by Crippen LogP contribution is -2.36. The van der Waals surface area contributed by atoms with E-state index in [1.807, 2.05) is 26.0 Å². The van der Waals surface area contributed by atoms with Crippen LogP contribution in [-0.2, 0) is 20.7 Å². The second-order valence-corrected chi connectivity index (χ2v) is 6.10. The molecule has 0 aromatic heterocycles. The summed E-state index contributed by atoms with van der Waals surface area (Å²) in [6, 6.07) is 5.59. The van der Waals surface area contributed by atoms with Gasteiger partial charge in [0.2, 0.25) is 0 Å². The lowest BCUT2D eigenvalue weighted by atomic mass is 10.0. The molecular weight excluding hydrogens is 298 g/mol. The van der Waals surface area contributed by atoms with Crippen LogP contribution in [0.4, 0.5) is 0 Å². The molecule has 23 heavy (non-hydrogen) atoms. The second-order valence-electron chi connectivity index (χ2n) is 6.10. The molecule has 0 radical (unpaired) electrons. The van der Waals surface area contributed by atoms with Crippen LogP contribution in [0.3, 0.4) is 0 Å². The minimum atomic E-state index is -0.845. The van der Waals surface area contributed by atoms with E-state index in [4.69, 9.17) is 14.2 Å². The van der Waals surface area contributed by atoms with Crippen LogP contribution in [0.5, 0.6) is 11.5 Å². The zero-order chi connectivity index (χ0) is 17.0. The van der Waals surface area contributed by atoms with Crippen LogP contribution < -0.4 is 14.8 Å². The molecule has 1 aliphatic heterocycles. The van der Waals surface area contributed by atoms with Gasteiger partial charge in [0.25, 0.3) is 5.91 Å². The van der Waals surface area contributed by atoms with Crippen molar-refractivity contribution in [2.24, 2.45) is 0 Å². The first kappa shape index (κ1) is 17.1. The largest absolute Gasteiger partial charge is 0.483 e. The molecule has 0 saturated carbocycles. The Labute approximate surface area is 136 Å². The Morgan fingerprint density at radius 3 is 2.83 bits per heavy atom. The van der Waals surface area contributed by atoms with Crippen molar-refractivity contribution in [1.29, 1.82) is 0 Å². The molecule has 1 aromatic rings. The van der Waals surface area contributed by atoms with E-state index in [9.17, 15) is 9.59 Å². The number of carbonyl (C=O) groups excluding carboxylic acids is 2. The van der Waals surface area contributed by atoms with Crippen molar-refractivity contribution in [3.8, 4) is 11.5 Å². The zero-order valence-corrected chi connectivity index (χ0v) is 14.0. The SMILES string of the molecule is CCNC(=O)[C@@H](C)OC(=O)COc1cccc2c1OC(C)(C)C2. The highest BCUT2D eigenvalue weighted by Gasteiger charge is 2.32. The van der Waals surface area contributed by atoms with Crippen LogP contribution >= 0.6 is 0 Å². The molecular formula is C17H23NO5. The summed E-state index contributed by atoms with van der Waals surface area (Å²) in [5.41, 5.74) is 0.770. The topological polar surface area (TPSA) is 73.9 Å². The van der Waals surface area contributed by atoms with Crippen LogP contribution in [0, 0.1) is 0 Å². The van der Waals surface area contributed by atoms with Gasteiger partial charge >= 0.3 is 5.97 Å². The quantitative estimate of drug-likeness (QED) is 0.809. The van der Waals surface area contributed by atoms with Crippen molar-refractivity contribution < 1.29 is 23.8 Å². The Bertz CT molecular complexity index is 597. The van der Waals surface area contributed by atoms with Crippen LogP contribution in [0.15, 0.2) is 18.2 Å². The molecule has 126 valence electrons. The number of para-hydroxylation sites is 1. The Kier molecular flexibility index (Phi) is 5.13. The minimum Gasteiger partial charge on any atom is -0.483 e. The maximum absolute atomic E-state index is 11.8. The van der Waals surface area contributed by atoms with E-state index in [0.29, 0.717) is 18.0 Å². The fraction of sp³-hybridized carbons (Fsp3) is 0.529. The van der Waals surface area contributed by atoms with Gasteiger partial charge < -0.3 is 19.5 Å². The summed E-state index contributed by atoms with van der Waals surface area (Å²) in [7, 11) is 0. The lowest BCUT2D eigenvalue weighted by molar-refractivity contribution is -0.156. The molecule has 2 rings (SSSR count). The van der Waals surface area contributed by atoms with Gasteiger partial charge in [-0.25, -0.2) is 4.79 Å². The number of nitrogens with one attached hydrogen (secondary N) is 1. The van der Waals surface area contributed by atoms with E-state index < -0.39 is 12.1 Å². The van der Waals surface area contributed by atoms with E-state index in [1.54, 1.807) is 13.0 Å². The van der Waals surface area contributed by atoms with Crippen molar-refractivity contribution in [2.45, 2.75) is 45.8 Å². The van der Waals surface area contributed by atoms with E-state index in [-0.39, 0.29) is 18.1 Å². The molecule has 1 aliphatic rings. The molecule has 6 nitrogen and oxygen atoms in total. The number of carbonyl (C=O) groups is 2. The van der Waals surface area contributed by atoms with Gasteiger partial charge in [-0.15, -0.1) is 0 Å². The summed E-state index contributed by atoms with van der Waals surface area (Å²) >= 11 is 0. The molecule has 0 saturated heterocycles. The van der Waals surface area contributed by atoms with Crippen molar-refractivity contribution in [1.82, 2.24) is 5.32 Å². The molecule has 0 aliphatic carbocycles. The monoisotopic (exact) mass is 321 g/mol. The van der Waals surface area contributed by atoms with Gasteiger partial charge in [0.1, 0.15) is 5.60 Å². The molecule has 6 heteroatoms. The van der Waals surface area contributed by atoms with Gasteiger partial charge in [0.15, 0.2) is 24.2 Å². The van der Waals surface area contributed by atoms with E-state index in [2.05, 4.69) is 5.32 Å². The average Bonchev–Trinajstić information content (AvgIpc) is 2.79. The highest BCUT2D eigenvalue weighted by Crippen LogP contribution is 2.41. The first-order valence-corrected chi connectivity index (χ1v) is 7.73. The second kappa shape index (κ2) is 6.89. The van der Waals surface area contributed by atoms with Gasteiger partial charge in [-0.1, -0.05) is 12.1 Å². The zero-order valence-electron chi connectivity index (χ0n) is 14.0. The van der Waals surface area contributed by atoms with E-state index in [1.165, 1.54) is 6.92 Å². The smallest absolute Gasteiger partial charge is 0.344 e. The first-order valence-electron chi connectivity index (χ1n) is 7.73. The standard InChI is InChI=1S/C17H23NO5/c1-5-18-16(20)11(2)22-14(19)10-21-13-8-6-7-12-9-17(3,4)23-15(12)13/h6-8,11H,5,9-10H2,1-4H3,(H,18,20)/t11-/m1/s1. The molecule has 0 spiro atoms. The fourth-order valence-electron chi connectivity index (χ4n) is 2.44. The highest BCUT2D eigenvalue weighted by atomic mass is 16.6. The van der Waals surface area contributed by atoms with Crippen molar-refractivity contribution in [3.63, 3.8) is 0 Å². The van der Waals surface area contributed by atoms with Crippen LogP contribution in [-0.4, -0.2) is 36.7 Å². The molecule has 1 amide bonds. The van der Waals surface area contributed by atoms with Gasteiger partial charge in [-0.2, -0.15) is 0 Å². The molecule has 1 N–H and O–H groups in total. The summed E-state index contributed by atoms with van der Waals surface area (Å²) in [5.74, 6) is 0.253. The molecule has 0 bridgehead atoms. The van der Waals surface area contributed by atoms with E-state index >= 15 is 0 Å². The van der Waals surface area contributed by atoms with Gasteiger partial charge in [0, 0.05) is 18.5 Å². The molecule has 0 fully saturated rings. The number of esters is 1. The molecule has 0 unspecified atom stereocenters. The average molecular weight is 321 g/mol. The maximum atomic E-state index is 11.8. The summed E-state index contributed by atoms with van der Waals surface area (Å²) in [4.78, 5) is 23.3. The lowest BCUT2D eigenvalue weighted by Gasteiger charge is -2.18. The number of hydrogen-bond acceptors (Lipinski definition) is 5. The number of rotatable bonds is 6. The normalized spacial score (nSPS) is 16.0. The molecule has 1 heterocycles. The van der Waals surface area contributed by atoms with Crippen LogP contribution in [0.25, 0.3) is 0 Å². The predicted octanol–water partition coefficient (Wildman–Crippen LogP) is 1.85. The number of benzene rings is 1. The third-order valence-electron chi connectivity index (χ3n) is 3.43. The highest BCUT2D eigenvalue weighted by molar-refractivity contribution is 5.83. The van der Waals surface area contributed by atoms with Gasteiger partial charge in [-0.05, 0) is 33.8 Å². The summed E-state index contributed by atoms with van der Waals surface area (Å²) in [5, 5.41) is 2.59. The molecule has 1 aromatic carbocycles. The fourth-order valence-corrected chi connectivity index (χ4v) is 2.44. The Morgan fingerprint density at radius 1 is 1.39 bits per heavy atom. The third kappa shape index (κ3) is 4.37. The van der Waals surface area contributed by atoms with Gasteiger partial charge in [-0.3, -0.25) is 4.79 Å². The van der Waals surface area contributed by atoms with Crippen LogP contribution in [0.2, 0.25) is 0 Å². The minimum absolute atomic E-state index is 0.274. The number of fused-ring (bicyclic) bond motifs is 1. The summed E-state index contributed by atoms with van der Waals surface area (Å²) in [6.45, 7) is 7.53. The Balaban J connectivity index is 1.91. The number of hydrogen-bond donors (Lipinski definition) is 1. The Morgan fingerprint density at radius 2 is 2.13 bits per heavy atom. The van der Waals surface area contributed by atoms with Gasteiger partial charge in [0.05, 0.1) is 0 Å².